The maximum Gasteiger partial charge on any atom is 0.338 e. The first-order chi connectivity index (χ1) is 6.72. The summed E-state index contributed by atoms with van der Waals surface area (Å²) in [5.41, 5.74) is -0.258. The summed E-state index contributed by atoms with van der Waals surface area (Å²) in [5.74, 6) is -0.248. The zero-order valence-corrected chi connectivity index (χ0v) is 8.62. The average Bonchev–Trinajstić information content (AvgIpc) is 2.91. The van der Waals surface area contributed by atoms with Crippen molar-refractivity contribution in [3.63, 3.8) is 0 Å². The second-order valence-corrected chi connectivity index (χ2v) is 3.94. The first kappa shape index (κ1) is 9.93. The van der Waals surface area contributed by atoms with E-state index in [9.17, 15) is 4.79 Å². The van der Waals surface area contributed by atoms with Gasteiger partial charge in [-0.3, -0.25) is 0 Å². The lowest BCUT2D eigenvalue weighted by molar-refractivity contribution is -0.142. The maximum atomic E-state index is 11.3. The van der Waals surface area contributed by atoms with E-state index in [1.165, 1.54) is 7.11 Å². The molecule has 4 nitrogen and oxygen atoms in total. The van der Waals surface area contributed by atoms with Crippen LogP contribution in [0.3, 0.4) is 0 Å². The molecule has 3 atom stereocenters. The Hall–Kier alpha value is -0.610. The minimum Gasteiger partial charge on any atom is -0.467 e. The quantitative estimate of drug-likeness (QED) is 0.490. The zero-order valence-electron chi connectivity index (χ0n) is 8.62. The molecule has 2 saturated heterocycles. The van der Waals surface area contributed by atoms with E-state index in [0.29, 0.717) is 6.61 Å². The van der Waals surface area contributed by atoms with Crippen LogP contribution in [0.4, 0.5) is 0 Å². The summed E-state index contributed by atoms with van der Waals surface area (Å²) >= 11 is 0. The van der Waals surface area contributed by atoms with Crippen molar-refractivity contribution in [2.24, 2.45) is 0 Å². The fourth-order valence-electron chi connectivity index (χ4n) is 2.12. The average molecular weight is 200 g/mol. The number of esters is 1. The molecule has 0 aromatic heterocycles. The Bertz CT molecular complexity index is 240. The topological polar surface area (TPSA) is 48.1 Å². The molecule has 2 heterocycles. The third-order valence-corrected chi connectivity index (χ3v) is 3.10. The van der Waals surface area contributed by atoms with E-state index in [4.69, 9.17) is 9.47 Å². The summed E-state index contributed by atoms with van der Waals surface area (Å²) in [6.07, 6.45) is 2.50. The van der Waals surface area contributed by atoms with Crippen LogP contribution in [-0.2, 0) is 19.0 Å². The van der Waals surface area contributed by atoms with Gasteiger partial charge in [0.05, 0.1) is 13.2 Å². The van der Waals surface area contributed by atoms with Gasteiger partial charge < -0.3 is 14.2 Å². The van der Waals surface area contributed by atoms with E-state index in [2.05, 4.69) is 11.7 Å². The van der Waals surface area contributed by atoms with E-state index < -0.39 is 0 Å². The maximum absolute atomic E-state index is 11.3. The molecule has 0 aliphatic carbocycles. The van der Waals surface area contributed by atoms with Crippen molar-refractivity contribution in [1.29, 1.82) is 0 Å². The molecular formula is C10H16O4. The molecule has 0 aromatic rings. The smallest absolute Gasteiger partial charge is 0.338 e. The molecule has 2 fully saturated rings. The number of epoxide rings is 1. The van der Waals surface area contributed by atoms with Gasteiger partial charge >= 0.3 is 5.97 Å². The molecule has 0 N–H and O–H groups in total. The summed E-state index contributed by atoms with van der Waals surface area (Å²) in [7, 11) is 1.40. The lowest BCUT2D eigenvalue weighted by Gasteiger charge is -2.26. The second kappa shape index (κ2) is 3.51. The van der Waals surface area contributed by atoms with E-state index >= 15 is 0 Å². The number of rotatable bonds is 2. The minimum absolute atomic E-state index is 0.235. The van der Waals surface area contributed by atoms with Crippen LogP contribution >= 0.6 is 0 Å². The van der Waals surface area contributed by atoms with Gasteiger partial charge in [-0.15, -0.1) is 0 Å². The van der Waals surface area contributed by atoms with Crippen molar-refractivity contribution in [3.8, 4) is 0 Å². The lowest BCUT2D eigenvalue weighted by atomic mass is 9.91. The van der Waals surface area contributed by atoms with Crippen molar-refractivity contribution < 1.29 is 19.0 Å². The van der Waals surface area contributed by atoms with Gasteiger partial charge in [0.2, 0.25) is 0 Å². The van der Waals surface area contributed by atoms with Gasteiger partial charge in [0.15, 0.2) is 6.10 Å². The Morgan fingerprint density at radius 3 is 3.07 bits per heavy atom. The molecule has 0 aromatic carbocycles. The third-order valence-electron chi connectivity index (χ3n) is 3.10. The van der Waals surface area contributed by atoms with Crippen LogP contribution in [0.1, 0.15) is 26.2 Å². The number of methoxy groups -OCH3 is 1. The molecule has 80 valence electrons. The largest absolute Gasteiger partial charge is 0.467 e. The number of ether oxygens (including phenoxy) is 3. The molecule has 2 rings (SSSR count). The first-order valence-electron chi connectivity index (χ1n) is 5.09. The van der Waals surface area contributed by atoms with Crippen LogP contribution in [0, 0.1) is 0 Å². The van der Waals surface area contributed by atoms with E-state index in [1.54, 1.807) is 0 Å². The van der Waals surface area contributed by atoms with Crippen molar-refractivity contribution in [3.05, 3.63) is 0 Å². The van der Waals surface area contributed by atoms with Gasteiger partial charge in [-0.05, 0) is 6.42 Å². The first-order valence-corrected chi connectivity index (χ1v) is 5.09. The molecule has 1 spiro atoms. The zero-order chi connectivity index (χ0) is 10.2. The second-order valence-electron chi connectivity index (χ2n) is 3.94. The number of hydrogen-bond acceptors (Lipinski definition) is 4. The van der Waals surface area contributed by atoms with Crippen molar-refractivity contribution in [1.82, 2.24) is 0 Å². The van der Waals surface area contributed by atoms with Gasteiger partial charge in [-0.25, -0.2) is 4.79 Å². The Morgan fingerprint density at radius 1 is 1.64 bits per heavy atom. The SMILES string of the molecule is CCC1CC2(CCO1)OC2C(=O)OC. The van der Waals surface area contributed by atoms with Crippen molar-refractivity contribution >= 4 is 5.97 Å². The van der Waals surface area contributed by atoms with Crippen LogP contribution in [0.25, 0.3) is 0 Å². The predicted octanol–water partition coefficient (Wildman–Crippen LogP) is 0.886. The van der Waals surface area contributed by atoms with Gasteiger partial charge in [0.1, 0.15) is 5.60 Å². The Balaban J connectivity index is 1.96. The standard InChI is InChI=1S/C10H16O4/c1-3-7-6-10(4-5-13-7)8(14-10)9(11)12-2/h7-8H,3-6H2,1-2H3. The van der Waals surface area contributed by atoms with Crippen molar-refractivity contribution in [2.75, 3.05) is 13.7 Å². The van der Waals surface area contributed by atoms with Gasteiger partial charge in [-0.2, -0.15) is 0 Å². The highest BCUT2D eigenvalue weighted by atomic mass is 16.7. The third kappa shape index (κ3) is 1.53. The lowest BCUT2D eigenvalue weighted by Crippen LogP contribution is -2.34. The molecule has 0 saturated carbocycles. The predicted molar refractivity (Wildman–Crippen MR) is 48.9 cm³/mol. The highest BCUT2D eigenvalue weighted by molar-refractivity contribution is 5.79. The molecule has 2 aliphatic heterocycles. The van der Waals surface area contributed by atoms with Crippen molar-refractivity contribution in [2.45, 2.75) is 44.0 Å². The Labute approximate surface area is 83.5 Å². The van der Waals surface area contributed by atoms with Crippen LogP contribution in [-0.4, -0.2) is 37.5 Å². The number of hydrogen-bond donors (Lipinski definition) is 0. The molecule has 14 heavy (non-hydrogen) atoms. The highest BCUT2D eigenvalue weighted by Gasteiger charge is 2.62. The fraction of sp³-hybridized carbons (Fsp3) is 0.900. The van der Waals surface area contributed by atoms with E-state index in [1.807, 2.05) is 0 Å². The number of carbonyl (C=O) groups is 1. The Kier molecular flexibility index (Phi) is 2.49. The van der Waals surface area contributed by atoms with E-state index in [-0.39, 0.29) is 23.8 Å². The monoisotopic (exact) mass is 200 g/mol. The molecular weight excluding hydrogens is 184 g/mol. The Morgan fingerprint density at radius 2 is 2.43 bits per heavy atom. The minimum atomic E-state index is -0.342. The van der Waals surface area contributed by atoms with Gasteiger partial charge in [0, 0.05) is 19.4 Å². The molecule has 3 unspecified atom stereocenters. The van der Waals surface area contributed by atoms with Crippen LogP contribution in [0.15, 0.2) is 0 Å². The van der Waals surface area contributed by atoms with E-state index in [0.717, 1.165) is 19.3 Å². The normalized spacial score (nSPS) is 41.0. The number of carbonyl (C=O) groups excluding carboxylic acids is 1. The molecule has 4 heteroatoms. The fourth-order valence-corrected chi connectivity index (χ4v) is 2.12. The summed E-state index contributed by atoms with van der Waals surface area (Å²) in [4.78, 5) is 11.3. The summed E-state index contributed by atoms with van der Waals surface area (Å²) in [5, 5.41) is 0. The van der Waals surface area contributed by atoms with Crippen LogP contribution in [0.5, 0.6) is 0 Å². The van der Waals surface area contributed by atoms with Gasteiger partial charge in [0.25, 0.3) is 0 Å². The van der Waals surface area contributed by atoms with Crippen LogP contribution < -0.4 is 0 Å². The summed E-state index contributed by atoms with van der Waals surface area (Å²) in [6, 6.07) is 0. The van der Waals surface area contributed by atoms with Crippen LogP contribution in [0.2, 0.25) is 0 Å². The molecule has 0 amide bonds. The molecule has 0 radical (unpaired) electrons. The molecule has 0 bridgehead atoms. The highest BCUT2D eigenvalue weighted by Crippen LogP contribution is 2.47. The summed E-state index contributed by atoms with van der Waals surface area (Å²) < 4.78 is 15.7. The molecule has 2 aliphatic rings. The van der Waals surface area contributed by atoms with Gasteiger partial charge in [-0.1, -0.05) is 6.92 Å². The summed E-state index contributed by atoms with van der Waals surface area (Å²) in [6.45, 7) is 2.77.